The molecule has 0 saturated heterocycles. The normalized spacial score (nSPS) is 17.8. The van der Waals surface area contributed by atoms with Crippen molar-refractivity contribution in [2.45, 2.75) is 0 Å². The first-order valence-electron chi connectivity index (χ1n) is 1.43. The fourth-order valence-electron chi connectivity index (χ4n) is 0.0713. The Morgan fingerprint density at radius 1 is 1.00 bits per heavy atom. The predicted octanol–water partition coefficient (Wildman–Crippen LogP) is -0.301. The Morgan fingerprint density at radius 2 is 1.25 bits per heavy atom. The lowest BCUT2D eigenvalue weighted by Crippen LogP contribution is -1.71. The zero-order chi connectivity index (χ0) is 6.57. The summed E-state index contributed by atoms with van der Waals surface area (Å²) in [5.41, 5.74) is 0. The van der Waals surface area contributed by atoms with Crippen LogP contribution in [0.5, 0.6) is 0 Å². The van der Waals surface area contributed by atoms with Gasteiger partial charge in [-0.25, -0.2) is 0 Å². The molecule has 0 radical (unpaired) electrons. The molecule has 0 rings (SSSR count). The summed E-state index contributed by atoms with van der Waals surface area (Å²) in [5.74, 6) is 0. The van der Waals surface area contributed by atoms with Gasteiger partial charge in [0.15, 0.2) is 0 Å². The Hall–Kier alpha value is 0.300. The van der Waals surface area contributed by atoms with E-state index in [2.05, 4.69) is 9.35 Å². The zero-order valence-electron chi connectivity index (χ0n) is 3.53. The van der Waals surface area contributed by atoms with Crippen LogP contribution in [0.2, 0.25) is 0 Å². The molecule has 0 spiro atoms. The molecule has 2 N–H and O–H groups in total. The van der Waals surface area contributed by atoms with Gasteiger partial charge in [-0.15, -0.1) is 9.35 Å². The highest BCUT2D eigenvalue weighted by atomic mass is 31.1. The standard InChI is InChI=1S/H4O6P2/c1-7(2)5-6-8(3)4/h7-8H,(H,1,2)(H,3,4). The van der Waals surface area contributed by atoms with E-state index in [1.54, 1.807) is 0 Å². The van der Waals surface area contributed by atoms with E-state index in [0.29, 0.717) is 0 Å². The molecule has 0 aromatic rings. The minimum atomic E-state index is -3.24. The number of hydrogen-bond acceptors (Lipinski definition) is 4. The lowest BCUT2D eigenvalue weighted by molar-refractivity contribution is -0.103. The van der Waals surface area contributed by atoms with Crippen LogP contribution in [0.3, 0.4) is 0 Å². The molecule has 0 fully saturated rings. The third kappa shape index (κ3) is 6.30. The van der Waals surface area contributed by atoms with Crippen LogP contribution in [0.25, 0.3) is 0 Å². The molecule has 0 aliphatic carbocycles. The maximum Gasteiger partial charge on any atom is 0.345 e. The van der Waals surface area contributed by atoms with Crippen LogP contribution in [-0.4, -0.2) is 9.79 Å². The van der Waals surface area contributed by atoms with E-state index < -0.39 is 16.5 Å². The molecule has 0 aliphatic heterocycles. The van der Waals surface area contributed by atoms with E-state index in [0.717, 1.165) is 0 Å². The number of hydrogen-bond donors (Lipinski definition) is 2. The Kier molecular flexibility index (Phi) is 4.36. The third-order valence-electron chi connectivity index (χ3n) is 0.184. The average molecular weight is 162 g/mol. The van der Waals surface area contributed by atoms with Gasteiger partial charge in [0.05, 0.1) is 0 Å². The molecule has 0 bridgehead atoms. The van der Waals surface area contributed by atoms with E-state index >= 15 is 0 Å². The summed E-state index contributed by atoms with van der Waals surface area (Å²) in [5, 5.41) is 0. The quantitative estimate of drug-likeness (QED) is 0.336. The second kappa shape index (κ2) is 4.21. The molecule has 0 saturated carbocycles. The summed E-state index contributed by atoms with van der Waals surface area (Å²) in [6.45, 7) is 0. The van der Waals surface area contributed by atoms with Crippen LogP contribution < -0.4 is 0 Å². The van der Waals surface area contributed by atoms with Crippen molar-refractivity contribution in [2.24, 2.45) is 0 Å². The summed E-state index contributed by atoms with van der Waals surface area (Å²) in [6, 6.07) is 0. The van der Waals surface area contributed by atoms with Gasteiger partial charge in [-0.3, -0.25) is 9.13 Å². The van der Waals surface area contributed by atoms with Crippen molar-refractivity contribution in [1.29, 1.82) is 0 Å². The minimum Gasteiger partial charge on any atom is -0.325 e. The first-order chi connectivity index (χ1) is 3.63. The molecule has 0 aliphatic rings. The first kappa shape index (κ1) is 8.30. The van der Waals surface area contributed by atoms with Crippen LogP contribution in [0.4, 0.5) is 0 Å². The molecule has 0 heterocycles. The Bertz CT molecular complexity index is 91.1. The maximum atomic E-state index is 9.51. The van der Waals surface area contributed by atoms with Crippen molar-refractivity contribution in [3.05, 3.63) is 0 Å². The summed E-state index contributed by atoms with van der Waals surface area (Å²) >= 11 is 0. The molecule has 0 amide bonds. The predicted molar refractivity (Wildman–Crippen MR) is 24.6 cm³/mol. The summed E-state index contributed by atoms with van der Waals surface area (Å²) in [7, 11) is -6.47. The molecular weight excluding hydrogens is 158 g/mol. The summed E-state index contributed by atoms with van der Waals surface area (Å²) in [4.78, 5) is 15.5. The van der Waals surface area contributed by atoms with Crippen LogP contribution >= 0.6 is 16.5 Å². The molecule has 50 valence electrons. The molecule has 2 atom stereocenters. The highest BCUT2D eigenvalue weighted by Crippen LogP contribution is 2.24. The molecule has 2 unspecified atom stereocenters. The van der Waals surface area contributed by atoms with Gasteiger partial charge in [0.2, 0.25) is 0 Å². The van der Waals surface area contributed by atoms with E-state index in [1.165, 1.54) is 0 Å². The third-order valence-corrected chi connectivity index (χ3v) is 0.803. The maximum absolute atomic E-state index is 9.51. The Labute approximate surface area is 45.9 Å². The average Bonchev–Trinajstić information content (AvgIpc) is 1.61. The SMILES string of the molecule is O=[PH](O)OO[PH](=O)O. The van der Waals surface area contributed by atoms with Gasteiger partial charge in [0.25, 0.3) is 0 Å². The molecular formula is H4O6P2. The van der Waals surface area contributed by atoms with E-state index in [9.17, 15) is 9.13 Å². The Morgan fingerprint density at radius 3 is 1.38 bits per heavy atom. The molecule has 8 heteroatoms. The molecule has 6 nitrogen and oxygen atoms in total. The van der Waals surface area contributed by atoms with Gasteiger partial charge in [-0.05, 0) is 0 Å². The van der Waals surface area contributed by atoms with Gasteiger partial charge < -0.3 is 9.79 Å². The summed E-state index contributed by atoms with van der Waals surface area (Å²) < 4.78 is 25.8. The Balaban J connectivity index is 3.18. The molecule has 8 heavy (non-hydrogen) atoms. The van der Waals surface area contributed by atoms with Gasteiger partial charge in [-0.2, -0.15) is 0 Å². The lowest BCUT2D eigenvalue weighted by atomic mass is 14.9. The van der Waals surface area contributed by atoms with E-state index in [4.69, 9.17) is 9.79 Å². The molecule has 0 aromatic heterocycles. The smallest absolute Gasteiger partial charge is 0.325 e. The highest BCUT2D eigenvalue weighted by molar-refractivity contribution is 7.34. The van der Waals surface area contributed by atoms with Crippen molar-refractivity contribution in [1.82, 2.24) is 0 Å². The van der Waals surface area contributed by atoms with Crippen molar-refractivity contribution in [3.63, 3.8) is 0 Å². The van der Waals surface area contributed by atoms with Crippen LogP contribution in [0.1, 0.15) is 0 Å². The van der Waals surface area contributed by atoms with Crippen molar-refractivity contribution < 1.29 is 28.3 Å². The van der Waals surface area contributed by atoms with Crippen LogP contribution in [0.15, 0.2) is 0 Å². The minimum absolute atomic E-state index is 3.24. The van der Waals surface area contributed by atoms with Crippen LogP contribution in [0, 0.1) is 0 Å². The lowest BCUT2D eigenvalue weighted by Gasteiger charge is -1.90. The molecule has 0 aromatic carbocycles. The van der Waals surface area contributed by atoms with Crippen LogP contribution in [-0.2, 0) is 18.5 Å². The van der Waals surface area contributed by atoms with E-state index in [1.807, 2.05) is 0 Å². The second-order valence-corrected chi connectivity index (χ2v) is 2.10. The zero-order valence-corrected chi connectivity index (χ0v) is 5.53. The fraction of sp³-hybridized carbons (Fsp3) is 0. The highest BCUT2D eigenvalue weighted by Gasteiger charge is 1.94. The monoisotopic (exact) mass is 162 g/mol. The van der Waals surface area contributed by atoms with Gasteiger partial charge in [0, 0.05) is 0 Å². The van der Waals surface area contributed by atoms with Gasteiger partial charge >= 0.3 is 16.5 Å². The first-order valence-corrected chi connectivity index (χ1v) is 3.96. The fourth-order valence-corrected chi connectivity index (χ4v) is 0.642. The summed E-state index contributed by atoms with van der Waals surface area (Å²) in [6.07, 6.45) is 0. The van der Waals surface area contributed by atoms with Crippen molar-refractivity contribution in [2.75, 3.05) is 0 Å². The number of rotatable bonds is 3. The van der Waals surface area contributed by atoms with E-state index in [-0.39, 0.29) is 0 Å². The van der Waals surface area contributed by atoms with Gasteiger partial charge in [-0.1, -0.05) is 0 Å². The van der Waals surface area contributed by atoms with Crippen molar-refractivity contribution >= 4 is 16.5 Å². The second-order valence-electron chi connectivity index (χ2n) is 0.698. The van der Waals surface area contributed by atoms with Crippen molar-refractivity contribution in [3.8, 4) is 0 Å². The largest absolute Gasteiger partial charge is 0.345 e. The van der Waals surface area contributed by atoms with Gasteiger partial charge in [0.1, 0.15) is 0 Å². The topological polar surface area (TPSA) is 93.1 Å².